The Labute approximate surface area is 100 Å². The summed E-state index contributed by atoms with van der Waals surface area (Å²) in [6.07, 6.45) is 0. The van der Waals surface area contributed by atoms with Crippen LogP contribution in [0.15, 0.2) is 29.0 Å². The fraction of sp³-hybridized carbons (Fsp3) is 0.0833. The van der Waals surface area contributed by atoms with Crippen LogP contribution in [0, 0.1) is 0 Å². The molecule has 0 N–H and O–H groups in total. The van der Waals surface area contributed by atoms with Crippen molar-refractivity contribution in [1.29, 1.82) is 0 Å². The molecule has 0 radical (unpaired) electrons. The van der Waals surface area contributed by atoms with Crippen LogP contribution in [0.25, 0.3) is 20.2 Å². The zero-order valence-corrected chi connectivity index (χ0v) is 10.2. The Kier molecular flexibility index (Phi) is 2.19. The second kappa shape index (κ2) is 3.57. The normalized spacial score (nSPS) is 11.1. The van der Waals surface area contributed by atoms with Gasteiger partial charge >= 0.3 is 5.97 Å². The molecule has 16 heavy (non-hydrogen) atoms. The van der Waals surface area contributed by atoms with Crippen molar-refractivity contribution in [3.05, 3.63) is 29.0 Å². The summed E-state index contributed by atoms with van der Waals surface area (Å²) in [5, 5.41) is 6.07. The standard InChI is InChI=1S/C12H8O2S2/c1-7(13)14-12-8-2-4-15-10(8)6-11-9(12)3-5-16-11/h2-6H,1H3. The van der Waals surface area contributed by atoms with Gasteiger partial charge in [0.25, 0.3) is 0 Å². The highest BCUT2D eigenvalue weighted by Crippen LogP contribution is 2.39. The minimum Gasteiger partial charge on any atom is -0.425 e. The van der Waals surface area contributed by atoms with E-state index in [2.05, 4.69) is 6.07 Å². The molecular weight excluding hydrogens is 240 g/mol. The molecule has 0 aliphatic rings. The van der Waals surface area contributed by atoms with Crippen LogP contribution in [0.4, 0.5) is 0 Å². The predicted molar refractivity (Wildman–Crippen MR) is 68.5 cm³/mol. The number of carbonyl (C=O) groups excluding carboxylic acids is 1. The Morgan fingerprint density at radius 3 is 2.19 bits per heavy atom. The summed E-state index contributed by atoms with van der Waals surface area (Å²) < 4.78 is 7.65. The summed E-state index contributed by atoms with van der Waals surface area (Å²) in [5.74, 6) is 0.425. The maximum absolute atomic E-state index is 11.1. The van der Waals surface area contributed by atoms with Crippen LogP contribution in [0.5, 0.6) is 5.75 Å². The third kappa shape index (κ3) is 1.42. The lowest BCUT2D eigenvalue weighted by atomic mass is 10.2. The molecule has 0 amide bonds. The number of rotatable bonds is 1. The monoisotopic (exact) mass is 248 g/mol. The summed E-state index contributed by atoms with van der Waals surface area (Å²) in [6, 6.07) is 6.14. The van der Waals surface area contributed by atoms with E-state index in [1.165, 1.54) is 6.92 Å². The van der Waals surface area contributed by atoms with Gasteiger partial charge in [-0.1, -0.05) is 0 Å². The molecule has 0 fully saturated rings. The Bertz CT molecular complexity index is 630. The maximum atomic E-state index is 11.1. The molecule has 1 aromatic carbocycles. The summed E-state index contributed by atoms with van der Waals surface area (Å²) >= 11 is 3.32. The highest BCUT2D eigenvalue weighted by atomic mass is 32.1. The molecule has 0 unspecified atom stereocenters. The lowest BCUT2D eigenvalue weighted by Crippen LogP contribution is -2.01. The van der Waals surface area contributed by atoms with Gasteiger partial charge in [0.15, 0.2) is 0 Å². The molecule has 0 aliphatic carbocycles. The van der Waals surface area contributed by atoms with E-state index in [1.807, 2.05) is 22.9 Å². The van der Waals surface area contributed by atoms with Crippen LogP contribution in [0.3, 0.4) is 0 Å². The van der Waals surface area contributed by atoms with Gasteiger partial charge in [-0.2, -0.15) is 0 Å². The van der Waals surface area contributed by atoms with Crippen molar-refractivity contribution in [2.24, 2.45) is 0 Å². The Morgan fingerprint density at radius 2 is 1.69 bits per heavy atom. The molecular formula is C12H8O2S2. The van der Waals surface area contributed by atoms with Crippen molar-refractivity contribution in [3.63, 3.8) is 0 Å². The molecule has 0 atom stereocenters. The minimum atomic E-state index is -0.272. The first-order valence-corrected chi connectivity index (χ1v) is 6.57. The van der Waals surface area contributed by atoms with Gasteiger partial charge in [-0.05, 0) is 29.0 Å². The average molecular weight is 248 g/mol. The van der Waals surface area contributed by atoms with Crippen molar-refractivity contribution >= 4 is 48.8 Å². The molecule has 0 saturated carbocycles. The fourth-order valence-electron chi connectivity index (χ4n) is 1.76. The first-order chi connectivity index (χ1) is 7.75. The lowest BCUT2D eigenvalue weighted by Gasteiger charge is -2.04. The largest absolute Gasteiger partial charge is 0.425 e. The number of esters is 1. The van der Waals surface area contributed by atoms with Crippen molar-refractivity contribution in [3.8, 4) is 5.75 Å². The summed E-state index contributed by atoms with van der Waals surface area (Å²) in [6.45, 7) is 1.43. The molecule has 2 aromatic heterocycles. The topological polar surface area (TPSA) is 26.3 Å². The van der Waals surface area contributed by atoms with Crippen molar-refractivity contribution in [1.82, 2.24) is 0 Å². The Hall–Kier alpha value is -1.39. The highest BCUT2D eigenvalue weighted by Gasteiger charge is 2.12. The SMILES string of the molecule is CC(=O)Oc1c2ccsc2cc2sccc12. The second-order valence-corrected chi connectivity index (χ2v) is 5.36. The summed E-state index contributed by atoms with van der Waals surface area (Å²) in [5.41, 5.74) is 0. The molecule has 4 heteroatoms. The first-order valence-electron chi connectivity index (χ1n) is 4.81. The third-order valence-corrected chi connectivity index (χ3v) is 4.12. The molecule has 3 rings (SSSR count). The van der Waals surface area contributed by atoms with Gasteiger partial charge in [-0.3, -0.25) is 4.79 Å². The Balaban J connectivity index is 2.41. The number of benzene rings is 1. The minimum absolute atomic E-state index is 0.272. The van der Waals surface area contributed by atoms with E-state index in [-0.39, 0.29) is 5.97 Å². The predicted octanol–water partition coefficient (Wildman–Crippen LogP) is 4.04. The van der Waals surface area contributed by atoms with Crippen molar-refractivity contribution in [2.75, 3.05) is 0 Å². The van der Waals surface area contributed by atoms with Crippen LogP contribution in [0.2, 0.25) is 0 Å². The van der Waals surface area contributed by atoms with E-state index in [0.717, 1.165) is 20.2 Å². The van der Waals surface area contributed by atoms with Crippen LogP contribution >= 0.6 is 22.7 Å². The van der Waals surface area contributed by atoms with Gasteiger partial charge < -0.3 is 4.74 Å². The number of ether oxygens (including phenoxy) is 1. The number of hydrogen-bond acceptors (Lipinski definition) is 4. The zero-order valence-electron chi connectivity index (χ0n) is 8.52. The van der Waals surface area contributed by atoms with Gasteiger partial charge in [-0.15, -0.1) is 22.7 Å². The number of fused-ring (bicyclic) bond motifs is 2. The van der Waals surface area contributed by atoms with E-state index >= 15 is 0 Å². The molecule has 2 nitrogen and oxygen atoms in total. The molecule has 80 valence electrons. The van der Waals surface area contributed by atoms with E-state index in [1.54, 1.807) is 22.7 Å². The fourth-order valence-corrected chi connectivity index (χ4v) is 3.48. The summed E-state index contributed by atoms with van der Waals surface area (Å²) in [4.78, 5) is 11.1. The smallest absolute Gasteiger partial charge is 0.308 e. The van der Waals surface area contributed by atoms with Crippen LogP contribution in [-0.4, -0.2) is 5.97 Å². The van der Waals surface area contributed by atoms with Crippen LogP contribution < -0.4 is 4.74 Å². The average Bonchev–Trinajstić information content (AvgIpc) is 2.83. The number of thiophene rings is 2. The number of hydrogen-bond donors (Lipinski definition) is 0. The Morgan fingerprint density at radius 1 is 1.12 bits per heavy atom. The second-order valence-electron chi connectivity index (χ2n) is 3.46. The molecule has 0 aliphatic heterocycles. The van der Waals surface area contributed by atoms with Gasteiger partial charge in [0.2, 0.25) is 0 Å². The van der Waals surface area contributed by atoms with E-state index in [0.29, 0.717) is 5.75 Å². The highest BCUT2D eigenvalue weighted by molar-refractivity contribution is 7.19. The first kappa shape index (κ1) is 9.81. The number of carbonyl (C=O) groups is 1. The molecule has 0 saturated heterocycles. The van der Waals surface area contributed by atoms with Crippen molar-refractivity contribution < 1.29 is 9.53 Å². The van der Waals surface area contributed by atoms with Gasteiger partial charge in [0, 0.05) is 27.1 Å². The van der Waals surface area contributed by atoms with E-state index in [9.17, 15) is 4.79 Å². The van der Waals surface area contributed by atoms with Gasteiger partial charge in [0.05, 0.1) is 0 Å². The quantitative estimate of drug-likeness (QED) is 0.480. The summed E-state index contributed by atoms with van der Waals surface area (Å²) in [7, 11) is 0. The van der Waals surface area contributed by atoms with Crippen LogP contribution in [-0.2, 0) is 4.79 Å². The molecule has 0 bridgehead atoms. The van der Waals surface area contributed by atoms with Gasteiger partial charge in [0.1, 0.15) is 5.75 Å². The van der Waals surface area contributed by atoms with E-state index < -0.39 is 0 Å². The van der Waals surface area contributed by atoms with Crippen LogP contribution in [0.1, 0.15) is 6.92 Å². The lowest BCUT2D eigenvalue weighted by molar-refractivity contribution is -0.131. The van der Waals surface area contributed by atoms with Gasteiger partial charge in [-0.25, -0.2) is 0 Å². The molecule has 0 spiro atoms. The molecule has 3 aromatic rings. The van der Waals surface area contributed by atoms with E-state index in [4.69, 9.17) is 4.74 Å². The van der Waals surface area contributed by atoms with Crippen molar-refractivity contribution in [2.45, 2.75) is 6.92 Å². The third-order valence-electron chi connectivity index (χ3n) is 2.39. The zero-order chi connectivity index (χ0) is 11.1. The molecule has 2 heterocycles. The maximum Gasteiger partial charge on any atom is 0.308 e.